The summed E-state index contributed by atoms with van der Waals surface area (Å²) >= 11 is 0. The number of carbonyl (C=O) groups excluding carboxylic acids is 2. The Morgan fingerprint density at radius 1 is 0.900 bits per heavy atom. The van der Waals surface area contributed by atoms with E-state index in [4.69, 9.17) is 14.2 Å². The number of para-hydroxylation sites is 1. The van der Waals surface area contributed by atoms with Gasteiger partial charge in [0.05, 0.1) is 5.56 Å². The molecule has 6 nitrogen and oxygen atoms in total. The van der Waals surface area contributed by atoms with Gasteiger partial charge in [-0.05, 0) is 36.8 Å². The van der Waals surface area contributed by atoms with Crippen molar-refractivity contribution in [1.82, 2.24) is 0 Å². The first-order chi connectivity index (χ1) is 14.6. The monoisotopic (exact) mass is 403 g/mol. The van der Waals surface area contributed by atoms with Crippen molar-refractivity contribution in [3.8, 4) is 22.6 Å². The number of benzene rings is 3. The van der Waals surface area contributed by atoms with E-state index in [0.29, 0.717) is 36.0 Å². The Labute approximate surface area is 174 Å². The second kappa shape index (κ2) is 8.69. The van der Waals surface area contributed by atoms with Gasteiger partial charge in [0.25, 0.3) is 5.91 Å². The van der Waals surface area contributed by atoms with Gasteiger partial charge >= 0.3 is 5.97 Å². The molecule has 3 aromatic rings. The Bertz CT molecular complexity index is 1060. The summed E-state index contributed by atoms with van der Waals surface area (Å²) in [6.07, 6.45) is -0.977. The fourth-order valence-corrected chi connectivity index (χ4v) is 3.15. The third-order valence-corrected chi connectivity index (χ3v) is 4.70. The number of ether oxygens (including phenoxy) is 3. The lowest BCUT2D eigenvalue weighted by Gasteiger charge is -2.19. The highest BCUT2D eigenvalue weighted by Crippen LogP contribution is 2.31. The molecular weight excluding hydrogens is 382 g/mol. The summed E-state index contributed by atoms with van der Waals surface area (Å²) in [7, 11) is 0. The van der Waals surface area contributed by atoms with Crippen LogP contribution in [0, 0.1) is 0 Å². The van der Waals surface area contributed by atoms with Crippen molar-refractivity contribution in [3.05, 3.63) is 78.4 Å². The molecule has 30 heavy (non-hydrogen) atoms. The molecule has 1 atom stereocenters. The third kappa shape index (κ3) is 4.27. The van der Waals surface area contributed by atoms with Gasteiger partial charge < -0.3 is 19.5 Å². The topological polar surface area (TPSA) is 73.9 Å². The van der Waals surface area contributed by atoms with Crippen molar-refractivity contribution in [3.63, 3.8) is 0 Å². The Morgan fingerprint density at radius 2 is 1.60 bits per heavy atom. The minimum absolute atomic E-state index is 0.295. The predicted octanol–water partition coefficient (Wildman–Crippen LogP) is 4.31. The Balaban J connectivity index is 1.44. The first-order valence-electron chi connectivity index (χ1n) is 9.68. The maximum atomic E-state index is 12.7. The van der Waals surface area contributed by atoms with Gasteiger partial charge in [-0.25, -0.2) is 4.79 Å². The molecule has 0 saturated heterocycles. The van der Waals surface area contributed by atoms with E-state index in [0.717, 1.165) is 11.1 Å². The van der Waals surface area contributed by atoms with E-state index in [1.165, 1.54) is 6.92 Å². The minimum Gasteiger partial charge on any atom is -0.486 e. The number of hydrogen-bond donors (Lipinski definition) is 1. The molecule has 0 aliphatic carbocycles. The first-order valence-corrected chi connectivity index (χ1v) is 9.68. The molecule has 0 bridgehead atoms. The van der Waals surface area contributed by atoms with Gasteiger partial charge in [0.2, 0.25) is 0 Å². The highest BCUT2D eigenvalue weighted by molar-refractivity contribution is 6.00. The maximum absolute atomic E-state index is 12.7. The standard InChI is InChI=1S/C24H21NO5/c1-16(30-24(27)18-11-12-21-22(15-18)29-14-13-28-21)23(26)25-20-10-6-5-9-19(20)17-7-3-2-4-8-17/h2-12,15-16H,13-14H2,1H3,(H,25,26)/t16-/m1/s1. The van der Waals surface area contributed by atoms with Gasteiger partial charge in [0.1, 0.15) is 13.2 Å². The van der Waals surface area contributed by atoms with Crippen LogP contribution in [-0.4, -0.2) is 31.2 Å². The molecule has 1 aliphatic heterocycles. The van der Waals surface area contributed by atoms with E-state index in [2.05, 4.69) is 5.32 Å². The molecule has 4 rings (SSSR count). The second-order valence-electron chi connectivity index (χ2n) is 6.81. The van der Waals surface area contributed by atoms with Gasteiger partial charge in [-0.15, -0.1) is 0 Å². The summed E-state index contributed by atoms with van der Waals surface area (Å²) in [5.74, 6) is 0.0564. The molecule has 0 radical (unpaired) electrons. The highest BCUT2D eigenvalue weighted by atomic mass is 16.6. The fourth-order valence-electron chi connectivity index (χ4n) is 3.15. The maximum Gasteiger partial charge on any atom is 0.339 e. The normalized spacial score (nSPS) is 13.2. The highest BCUT2D eigenvalue weighted by Gasteiger charge is 2.22. The molecule has 0 aromatic heterocycles. The van der Waals surface area contributed by atoms with Crippen LogP contribution in [0.2, 0.25) is 0 Å². The lowest BCUT2D eigenvalue weighted by molar-refractivity contribution is -0.123. The average Bonchev–Trinajstić information content (AvgIpc) is 2.79. The molecular formula is C24H21NO5. The van der Waals surface area contributed by atoms with Crippen LogP contribution in [0.1, 0.15) is 17.3 Å². The fraction of sp³-hybridized carbons (Fsp3) is 0.167. The van der Waals surface area contributed by atoms with E-state index < -0.39 is 18.0 Å². The number of nitrogens with one attached hydrogen (secondary N) is 1. The second-order valence-corrected chi connectivity index (χ2v) is 6.81. The van der Waals surface area contributed by atoms with Crippen molar-refractivity contribution in [1.29, 1.82) is 0 Å². The van der Waals surface area contributed by atoms with Gasteiger partial charge in [-0.2, -0.15) is 0 Å². The SMILES string of the molecule is C[C@@H](OC(=O)c1ccc2c(c1)OCCO2)C(=O)Nc1ccccc1-c1ccccc1. The van der Waals surface area contributed by atoms with Crippen LogP contribution in [0.3, 0.4) is 0 Å². The number of carbonyl (C=O) groups is 2. The van der Waals surface area contributed by atoms with E-state index in [9.17, 15) is 9.59 Å². The summed E-state index contributed by atoms with van der Waals surface area (Å²) in [6, 6.07) is 22.0. The Hall–Kier alpha value is -3.80. The van der Waals surface area contributed by atoms with Gasteiger partial charge in [-0.3, -0.25) is 4.79 Å². The molecule has 1 heterocycles. The molecule has 3 aromatic carbocycles. The van der Waals surface area contributed by atoms with Crippen molar-refractivity contribution in [2.45, 2.75) is 13.0 Å². The third-order valence-electron chi connectivity index (χ3n) is 4.70. The molecule has 1 amide bonds. The summed E-state index contributed by atoms with van der Waals surface area (Å²) in [6.45, 7) is 2.43. The number of fused-ring (bicyclic) bond motifs is 1. The van der Waals surface area contributed by atoms with Gasteiger partial charge in [0, 0.05) is 11.3 Å². The van der Waals surface area contributed by atoms with Crippen LogP contribution >= 0.6 is 0 Å². The van der Waals surface area contributed by atoms with Crippen molar-refractivity contribution in [2.75, 3.05) is 18.5 Å². The van der Waals surface area contributed by atoms with Gasteiger partial charge in [0.15, 0.2) is 17.6 Å². The van der Waals surface area contributed by atoms with Crippen LogP contribution in [0.25, 0.3) is 11.1 Å². The first kappa shape index (κ1) is 19.5. The zero-order chi connectivity index (χ0) is 20.9. The van der Waals surface area contributed by atoms with Crippen molar-refractivity contribution >= 4 is 17.6 Å². The Morgan fingerprint density at radius 3 is 2.40 bits per heavy atom. The smallest absolute Gasteiger partial charge is 0.339 e. The van der Waals surface area contributed by atoms with E-state index in [-0.39, 0.29) is 0 Å². The van der Waals surface area contributed by atoms with Gasteiger partial charge in [-0.1, -0.05) is 48.5 Å². The quantitative estimate of drug-likeness (QED) is 0.643. The van der Waals surface area contributed by atoms with Crippen molar-refractivity contribution < 1.29 is 23.8 Å². The summed E-state index contributed by atoms with van der Waals surface area (Å²) < 4.78 is 16.3. The molecule has 1 aliphatic rings. The summed E-state index contributed by atoms with van der Waals surface area (Å²) in [5, 5.41) is 2.85. The van der Waals surface area contributed by atoms with E-state index >= 15 is 0 Å². The summed E-state index contributed by atoms with van der Waals surface area (Å²) in [4.78, 5) is 25.2. The number of hydrogen-bond acceptors (Lipinski definition) is 5. The summed E-state index contributed by atoms with van der Waals surface area (Å²) in [5.41, 5.74) is 2.81. The van der Waals surface area contributed by atoms with Crippen LogP contribution < -0.4 is 14.8 Å². The van der Waals surface area contributed by atoms with Crippen LogP contribution in [0.4, 0.5) is 5.69 Å². The molecule has 6 heteroatoms. The molecule has 152 valence electrons. The molecule has 0 unspecified atom stereocenters. The van der Waals surface area contributed by atoms with Crippen LogP contribution in [0.15, 0.2) is 72.8 Å². The lowest BCUT2D eigenvalue weighted by Crippen LogP contribution is -2.30. The number of esters is 1. The van der Waals surface area contributed by atoms with E-state index in [1.807, 2.05) is 54.6 Å². The lowest BCUT2D eigenvalue weighted by atomic mass is 10.0. The number of amides is 1. The molecule has 1 N–H and O–H groups in total. The zero-order valence-corrected chi connectivity index (χ0v) is 16.5. The van der Waals surface area contributed by atoms with Crippen LogP contribution in [0.5, 0.6) is 11.5 Å². The van der Waals surface area contributed by atoms with Crippen molar-refractivity contribution in [2.24, 2.45) is 0 Å². The average molecular weight is 403 g/mol. The number of anilines is 1. The zero-order valence-electron chi connectivity index (χ0n) is 16.5. The van der Waals surface area contributed by atoms with E-state index in [1.54, 1.807) is 18.2 Å². The molecule has 0 spiro atoms. The molecule has 0 saturated carbocycles. The molecule has 0 fully saturated rings. The Kier molecular flexibility index (Phi) is 5.66. The predicted molar refractivity (Wildman–Crippen MR) is 113 cm³/mol. The van der Waals surface area contributed by atoms with Crippen LogP contribution in [-0.2, 0) is 9.53 Å². The minimum atomic E-state index is -0.977. The number of rotatable bonds is 5. The largest absolute Gasteiger partial charge is 0.486 e.